The van der Waals surface area contributed by atoms with Gasteiger partial charge in [0, 0.05) is 5.56 Å². The SMILES string of the molecule is COc1cc(C)cc(C)c1-c1cccc(C(=O)O)c1C. The van der Waals surface area contributed by atoms with E-state index in [2.05, 4.69) is 6.07 Å². The predicted molar refractivity (Wildman–Crippen MR) is 79.6 cm³/mol. The maximum atomic E-state index is 11.3. The van der Waals surface area contributed by atoms with Gasteiger partial charge in [-0.25, -0.2) is 4.79 Å². The van der Waals surface area contributed by atoms with Crippen molar-refractivity contribution in [1.82, 2.24) is 0 Å². The van der Waals surface area contributed by atoms with Gasteiger partial charge in [0.1, 0.15) is 5.75 Å². The second-order valence-electron chi connectivity index (χ2n) is 4.94. The zero-order valence-electron chi connectivity index (χ0n) is 12.2. The van der Waals surface area contributed by atoms with E-state index in [0.717, 1.165) is 33.6 Å². The maximum absolute atomic E-state index is 11.3. The summed E-state index contributed by atoms with van der Waals surface area (Å²) in [6.07, 6.45) is 0. The fraction of sp³-hybridized carbons (Fsp3) is 0.235. The van der Waals surface area contributed by atoms with E-state index in [0.29, 0.717) is 5.56 Å². The summed E-state index contributed by atoms with van der Waals surface area (Å²) in [7, 11) is 1.63. The van der Waals surface area contributed by atoms with E-state index < -0.39 is 5.97 Å². The highest BCUT2D eigenvalue weighted by Crippen LogP contribution is 2.36. The lowest BCUT2D eigenvalue weighted by atomic mass is 9.92. The molecule has 0 aromatic heterocycles. The highest BCUT2D eigenvalue weighted by molar-refractivity contribution is 5.93. The van der Waals surface area contributed by atoms with Crippen LogP contribution in [0.3, 0.4) is 0 Å². The van der Waals surface area contributed by atoms with Crippen LogP contribution in [0.4, 0.5) is 0 Å². The first-order valence-electron chi connectivity index (χ1n) is 6.44. The molecule has 2 aromatic carbocycles. The fourth-order valence-corrected chi connectivity index (χ4v) is 2.57. The fourth-order valence-electron chi connectivity index (χ4n) is 2.57. The van der Waals surface area contributed by atoms with Crippen LogP contribution in [0.1, 0.15) is 27.0 Å². The molecule has 0 saturated carbocycles. The largest absolute Gasteiger partial charge is 0.496 e. The number of aryl methyl sites for hydroxylation is 2. The van der Waals surface area contributed by atoms with Crippen LogP contribution >= 0.6 is 0 Å². The van der Waals surface area contributed by atoms with E-state index in [-0.39, 0.29) is 0 Å². The Hall–Kier alpha value is -2.29. The lowest BCUT2D eigenvalue weighted by Gasteiger charge is -2.16. The summed E-state index contributed by atoms with van der Waals surface area (Å²) < 4.78 is 5.47. The van der Waals surface area contributed by atoms with Gasteiger partial charge in [0.2, 0.25) is 0 Å². The van der Waals surface area contributed by atoms with Gasteiger partial charge in [-0.1, -0.05) is 18.2 Å². The first kappa shape index (κ1) is 14.1. The molecular formula is C17H18O3. The Labute approximate surface area is 118 Å². The molecule has 0 atom stereocenters. The molecule has 0 heterocycles. The summed E-state index contributed by atoms with van der Waals surface area (Å²) in [6, 6.07) is 9.36. The van der Waals surface area contributed by atoms with Crippen molar-refractivity contribution >= 4 is 5.97 Å². The minimum atomic E-state index is -0.909. The van der Waals surface area contributed by atoms with Crippen LogP contribution in [0, 0.1) is 20.8 Å². The first-order chi connectivity index (χ1) is 9.45. The third-order valence-corrected chi connectivity index (χ3v) is 3.50. The molecule has 20 heavy (non-hydrogen) atoms. The van der Waals surface area contributed by atoms with Crippen molar-refractivity contribution in [1.29, 1.82) is 0 Å². The Morgan fingerprint density at radius 2 is 1.85 bits per heavy atom. The van der Waals surface area contributed by atoms with E-state index in [9.17, 15) is 9.90 Å². The molecule has 2 rings (SSSR count). The van der Waals surface area contributed by atoms with E-state index in [4.69, 9.17) is 4.74 Å². The van der Waals surface area contributed by atoms with Gasteiger partial charge in [-0.05, 0) is 55.2 Å². The van der Waals surface area contributed by atoms with E-state index in [1.54, 1.807) is 19.2 Å². The Kier molecular flexibility index (Phi) is 3.79. The van der Waals surface area contributed by atoms with Gasteiger partial charge in [0.15, 0.2) is 0 Å². The summed E-state index contributed by atoms with van der Waals surface area (Å²) in [5, 5.41) is 9.25. The van der Waals surface area contributed by atoms with Gasteiger partial charge in [0.25, 0.3) is 0 Å². The summed E-state index contributed by atoms with van der Waals surface area (Å²) in [5.41, 5.74) is 5.13. The van der Waals surface area contributed by atoms with Crippen LogP contribution in [-0.4, -0.2) is 18.2 Å². The smallest absolute Gasteiger partial charge is 0.335 e. The Bertz CT molecular complexity index is 672. The third-order valence-electron chi connectivity index (χ3n) is 3.50. The van der Waals surface area contributed by atoms with Gasteiger partial charge in [0.05, 0.1) is 12.7 Å². The van der Waals surface area contributed by atoms with Crippen molar-refractivity contribution < 1.29 is 14.6 Å². The molecule has 0 aliphatic heterocycles. The van der Waals surface area contributed by atoms with E-state index >= 15 is 0 Å². The number of rotatable bonds is 3. The average Bonchev–Trinajstić information content (AvgIpc) is 2.38. The van der Waals surface area contributed by atoms with Crippen LogP contribution in [0.5, 0.6) is 5.75 Å². The number of methoxy groups -OCH3 is 1. The zero-order chi connectivity index (χ0) is 14.9. The monoisotopic (exact) mass is 270 g/mol. The molecule has 0 spiro atoms. The lowest BCUT2D eigenvalue weighted by Crippen LogP contribution is -2.02. The van der Waals surface area contributed by atoms with Gasteiger partial charge < -0.3 is 9.84 Å². The molecule has 0 aliphatic rings. The highest BCUT2D eigenvalue weighted by Gasteiger charge is 2.16. The van der Waals surface area contributed by atoms with Crippen molar-refractivity contribution in [2.45, 2.75) is 20.8 Å². The van der Waals surface area contributed by atoms with Gasteiger partial charge in [-0.3, -0.25) is 0 Å². The molecule has 2 aromatic rings. The molecule has 0 aliphatic carbocycles. The molecule has 0 radical (unpaired) electrons. The number of carboxylic acid groups (broad SMARTS) is 1. The molecule has 1 N–H and O–H groups in total. The van der Waals surface area contributed by atoms with E-state index in [1.807, 2.05) is 32.9 Å². The Morgan fingerprint density at radius 1 is 1.15 bits per heavy atom. The predicted octanol–water partition coefficient (Wildman–Crippen LogP) is 3.99. The molecule has 0 bridgehead atoms. The van der Waals surface area contributed by atoms with E-state index in [1.165, 1.54) is 0 Å². The highest BCUT2D eigenvalue weighted by atomic mass is 16.5. The zero-order valence-corrected chi connectivity index (χ0v) is 12.2. The number of carboxylic acids is 1. The van der Waals surface area contributed by atoms with Crippen LogP contribution in [0.25, 0.3) is 11.1 Å². The molecule has 0 amide bonds. The van der Waals surface area contributed by atoms with Crippen LogP contribution in [0.2, 0.25) is 0 Å². The van der Waals surface area contributed by atoms with Gasteiger partial charge in [-0.15, -0.1) is 0 Å². The minimum Gasteiger partial charge on any atom is -0.496 e. The van der Waals surface area contributed by atoms with Gasteiger partial charge >= 0.3 is 5.97 Å². The molecule has 0 fully saturated rings. The summed E-state index contributed by atoms with van der Waals surface area (Å²) >= 11 is 0. The minimum absolute atomic E-state index is 0.324. The molecule has 0 unspecified atom stereocenters. The van der Waals surface area contributed by atoms with Gasteiger partial charge in [-0.2, -0.15) is 0 Å². The van der Waals surface area contributed by atoms with Crippen molar-refractivity contribution in [3.63, 3.8) is 0 Å². The number of ether oxygens (including phenoxy) is 1. The standard InChI is InChI=1S/C17H18O3/c1-10-8-11(2)16(15(9-10)20-4)13-6-5-7-14(12(13)3)17(18)19/h5-9H,1-4H3,(H,18,19). The number of aromatic carboxylic acids is 1. The molecular weight excluding hydrogens is 252 g/mol. The van der Waals surface area contributed by atoms with Crippen molar-refractivity contribution in [2.24, 2.45) is 0 Å². The third kappa shape index (κ3) is 2.39. The second kappa shape index (κ2) is 5.37. The summed E-state index contributed by atoms with van der Waals surface area (Å²) in [6.45, 7) is 5.86. The quantitative estimate of drug-likeness (QED) is 0.917. The molecule has 0 saturated heterocycles. The number of carbonyl (C=O) groups is 1. The van der Waals surface area contributed by atoms with Crippen molar-refractivity contribution in [3.05, 3.63) is 52.6 Å². The lowest BCUT2D eigenvalue weighted by molar-refractivity contribution is 0.0696. The number of hydrogen-bond acceptors (Lipinski definition) is 2. The molecule has 3 nitrogen and oxygen atoms in total. The Morgan fingerprint density at radius 3 is 2.45 bits per heavy atom. The van der Waals surface area contributed by atoms with Crippen LogP contribution < -0.4 is 4.74 Å². The summed E-state index contributed by atoms with van der Waals surface area (Å²) in [4.78, 5) is 11.3. The average molecular weight is 270 g/mol. The number of benzene rings is 2. The topological polar surface area (TPSA) is 46.5 Å². The maximum Gasteiger partial charge on any atom is 0.335 e. The van der Waals surface area contributed by atoms with Crippen LogP contribution in [0.15, 0.2) is 30.3 Å². The molecule has 3 heteroatoms. The summed E-state index contributed by atoms with van der Waals surface area (Å²) in [5.74, 6) is -0.138. The first-order valence-corrected chi connectivity index (χ1v) is 6.44. The van der Waals surface area contributed by atoms with Crippen molar-refractivity contribution in [2.75, 3.05) is 7.11 Å². The van der Waals surface area contributed by atoms with Crippen molar-refractivity contribution in [3.8, 4) is 16.9 Å². The second-order valence-corrected chi connectivity index (χ2v) is 4.94. The normalized spacial score (nSPS) is 10.4. The molecule has 104 valence electrons. The Balaban J connectivity index is 2.75. The number of hydrogen-bond donors (Lipinski definition) is 1. The van der Waals surface area contributed by atoms with Crippen LogP contribution in [-0.2, 0) is 0 Å².